The minimum atomic E-state index is -1.41. The lowest BCUT2D eigenvalue weighted by Crippen LogP contribution is -2.41. The molecule has 0 fully saturated rings. The summed E-state index contributed by atoms with van der Waals surface area (Å²) in [6.07, 6.45) is -0.730. The highest BCUT2D eigenvalue weighted by molar-refractivity contribution is 6.30. The molecule has 3 N–H and O–H groups in total. The Labute approximate surface area is 118 Å². The topological polar surface area (TPSA) is 104 Å². The monoisotopic (exact) mass is 303 g/mol. The smallest absolute Gasteiger partial charge is 0.326 e. The fourth-order valence-electron chi connectivity index (χ4n) is 1.43. The second kappa shape index (κ2) is 6.85. The van der Waals surface area contributed by atoms with Crippen LogP contribution in [0.25, 0.3) is 0 Å². The van der Waals surface area contributed by atoms with Crippen LogP contribution in [0.2, 0.25) is 5.02 Å². The van der Waals surface area contributed by atoms with Gasteiger partial charge in [-0.15, -0.1) is 0 Å². The zero-order valence-electron chi connectivity index (χ0n) is 10.1. The fraction of sp³-hybridized carbons (Fsp3) is 0.250. The molecule has 1 atom stereocenters. The van der Waals surface area contributed by atoms with Gasteiger partial charge in [-0.3, -0.25) is 9.59 Å². The maximum Gasteiger partial charge on any atom is 0.326 e. The van der Waals surface area contributed by atoms with E-state index in [-0.39, 0.29) is 17.0 Å². The van der Waals surface area contributed by atoms with E-state index in [1.807, 2.05) is 0 Å². The van der Waals surface area contributed by atoms with Gasteiger partial charge >= 0.3 is 11.9 Å². The van der Waals surface area contributed by atoms with Gasteiger partial charge in [0, 0.05) is 11.4 Å². The summed E-state index contributed by atoms with van der Waals surface area (Å²) >= 11 is 5.53. The molecule has 0 bridgehead atoms. The molecule has 1 aromatic rings. The molecular formula is C12H11ClFNO5. The Morgan fingerprint density at radius 1 is 1.30 bits per heavy atom. The number of hydrogen-bond acceptors (Lipinski definition) is 3. The quantitative estimate of drug-likeness (QED) is 0.739. The summed E-state index contributed by atoms with van der Waals surface area (Å²) in [5.74, 6) is -4.42. The van der Waals surface area contributed by atoms with Crippen LogP contribution in [0.3, 0.4) is 0 Å². The van der Waals surface area contributed by atoms with Crippen LogP contribution in [0.5, 0.6) is 0 Å². The van der Waals surface area contributed by atoms with Crippen LogP contribution in [0, 0.1) is 5.82 Å². The molecule has 0 radical (unpaired) electrons. The highest BCUT2D eigenvalue weighted by Crippen LogP contribution is 2.15. The number of aliphatic carboxylic acids is 2. The summed E-state index contributed by atoms with van der Waals surface area (Å²) < 4.78 is 13.5. The zero-order chi connectivity index (χ0) is 15.3. The third-order valence-corrected chi connectivity index (χ3v) is 2.66. The summed E-state index contributed by atoms with van der Waals surface area (Å²) in [6.45, 7) is 0. The van der Waals surface area contributed by atoms with E-state index in [2.05, 4.69) is 5.32 Å². The summed E-state index contributed by atoms with van der Waals surface area (Å²) in [5.41, 5.74) is -0.365. The van der Waals surface area contributed by atoms with Crippen LogP contribution < -0.4 is 5.32 Å². The summed E-state index contributed by atoms with van der Waals surface area (Å²) in [6, 6.07) is 1.91. The zero-order valence-corrected chi connectivity index (χ0v) is 10.9. The minimum Gasteiger partial charge on any atom is -0.481 e. The molecule has 0 saturated heterocycles. The average molecular weight is 304 g/mol. The normalized spacial score (nSPS) is 11.7. The molecule has 108 valence electrons. The standard InChI is InChI=1S/C12H11ClFNO5/c13-6-1-2-7(8(14)5-6)11(18)15-9(12(19)20)3-4-10(16)17/h1-2,5,9H,3-4H2,(H,15,18)(H,16,17)(H,19,20). The van der Waals surface area contributed by atoms with Gasteiger partial charge in [0.15, 0.2) is 0 Å². The molecule has 6 nitrogen and oxygen atoms in total. The van der Waals surface area contributed by atoms with Gasteiger partial charge < -0.3 is 15.5 Å². The first kappa shape index (κ1) is 15.9. The van der Waals surface area contributed by atoms with Crippen LogP contribution in [-0.2, 0) is 9.59 Å². The number of carbonyl (C=O) groups is 3. The highest BCUT2D eigenvalue weighted by atomic mass is 35.5. The third-order valence-electron chi connectivity index (χ3n) is 2.43. The third kappa shape index (κ3) is 4.51. The summed E-state index contributed by atoms with van der Waals surface area (Å²) in [4.78, 5) is 33.0. The van der Waals surface area contributed by atoms with E-state index in [0.29, 0.717) is 0 Å². The number of nitrogens with one attached hydrogen (secondary N) is 1. The van der Waals surface area contributed by atoms with Crippen LogP contribution >= 0.6 is 11.6 Å². The first-order valence-corrected chi connectivity index (χ1v) is 5.89. The number of hydrogen-bond donors (Lipinski definition) is 3. The van der Waals surface area contributed by atoms with E-state index < -0.39 is 36.1 Å². The maximum atomic E-state index is 13.5. The van der Waals surface area contributed by atoms with E-state index in [0.717, 1.165) is 12.1 Å². The van der Waals surface area contributed by atoms with Crippen molar-refractivity contribution in [2.75, 3.05) is 0 Å². The minimum absolute atomic E-state index is 0.0970. The largest absolute Gasteiger partial charge is 0.481 e. The van der Waals surface area contributed by atoms with Crippen molar-refractivity contribution in [3.8, 4) is 0 Å². The highest BCUT2D eigenvalue weighted by Gasteiger charge is 2.23. The van der Waals surface area contributed by atoms with Gasteiger partial charge in [0.2, 0.25) is 0 Å². The lowest BCUT2D eigenvalue weighted by molar-refractivity contribution is -0.140. The average Bonchev–Trinajstić information content (AvgIpc) is 2.33. The molecule has 1 unspecified atom stereocenters. The van der Waals surface area contributed by atoms with Gasteiger partial charge in [0.25, 0.3) is 5.91 Å². The number of halogens is 2. The Bertz CT molecular complexity index is 549. The van der Waals surface area contributed by atoms with Crippen LogP contribution in [0.15, 0.2) is 18.2 Å². The molecule has 1 aromatic carbocycles. The molecule has 0 heterocycles. The van der Waals surface area contributed by atoms with E-state index in [9.17, 15) is 18.8 Å². The van der Waals surface area contributed by atoms with Gasteiger partial charge in [0.05, 0.1) is 5.56 Å². The van der Waals surface area contributed by atoms with Crippen LogP contribution in [0.4, 0.5) is 4.39 Å². The molecule has 0 aliphatic heterocycles. The molecule has 0 spiro atoms. The van der Waals surface area contributed by atoms with Crippen molar-refractivity contribution < 1.29 is 29.0 Å². The van der Waals surface area contributed by atoms with Gasteiger partial charge in [-0.1, -0.05) is 11.6 Å². The lowest BCUT2D eigenvalue weighted by atomic mass is 10.1. The summed E-state index contributed by atoms with van der Waals surface area (Å²) in [7, 11) is 0. The molecule has 1 amide bonds. The number of carboxylic acids is 2. The van der Waals surface area contributed by atoms with Crippen LogP contribution in [-0.4, -0.2) is 34.1 Å². The molecule has 0 aliphatic rings. The van der Waals surface area contributed by atoms with E-state index >= 15 is 0 Å². The molecule has 0 aromatic heterocycles. The fourth-order valence-corrected chi connectivity index (χ4v) is 1.59. The van der Waals surface area contributed by atoms with E-state index in [1.54, 1.807) is 0 Å². The summed E-state index contributed by atoms with van der Waals surface area (Å²) in [5, 5.41) is 19.5. The molecule has 1 rings (SSSR count). The lowest BCUT2D eigenvalue weighted by Gasteiger charge is -2.13. The molecule has 0 saturated carbocycles. The van der Waals surface area contributed by atoms with Gasteiger partial charge in [-0.05, 0) is 24.6 Å². The van der Waals surface area contributed by atoms with Crippen molar-refractivity contribution >= 4 is 29.4 Å². The SMILES string of the molecule is O=C(O)CCC(NC(=O)c1ccc(Cl)cc1F)C(=O)O. The second-order valence-electron chi connectivity index (χ2n) is 3.92. The van der Waals surface area contributed by atoms with E-state index in [1.165, 1.54) is 6.07 Å². The van der Waals surface area contributed by atoms with Crippen molar-refractivity contribution in [2.24, 2.45) is 0 Å². The maximum absolute atomic E-state index is 13.5. The van der Waals surface area contributed by atoms with Crippen molar-refractivity contribution in [1.82, 2.24) is 5.32 Å². The predicted molar refractivity (Wildman–Crippen MR) is 67.2 cm³/mol. The number of rotatable bonds is 6. The van der Waals surface area contributed by atoms with Crippen molar-refractivity contribution in [1.29, 1.82) is 0 Å². The first-order chi connectivity index (χ1) is 9.31. The van der Waals surface area contributed by atoms with Crippen molar-refractivity contribution in [3.05, 3.63) is 34.6 Å². The molecule has 8 heteroatoms. The molecule has 20 heavy (non-hydrogen) atoms. The van der Waals surface area contributed by atoms with Crippen LogP contribution in [0.1, 0.15) is 23.2 Å². The van der Waals surface area contributed by atoms with Gasteiger partial charge in [0.1, 0.15) is 11.9 Å². The Balaban J connectivity index is 2.80. The number of carboxylic acid groups (broad SMARTS) is 2. The molecule has 0 aliphatic carbocycles. The van der Waals surface area contributed by atoms with Gasteiger partial charge in [-0.25, -0.2) is 9.18 Å². The Kier molecular flexibility index (Phi) is 5.45. The molecular weight excluding hydrogens is 293 g/mol. The van der Waals surface area contributed by atoms with Crippen molar-refractivity contribution in [3.63, 3.8) is 0 Å². The van der Waals surface area contributed by atoms with Gasteiger partial charge in [-0.2, -0.15) is 0 Å². The van der Waals surface area contributed by atoms with Crippen molar-refractivity contribution in [2.45, 2.75) is 18.9 Å². The predicted octanol–water partition coefficient (Wildman–Crippen LogP) is 1.53. The second-order valence-corrected chi connectivity index (χ2v) is 4.36. The van der Waals surface area contributed by atoms with E-state index in [4.69, 9.17) is 21.8 Å². The number of amides is 1. The Morgan fingerprint density at radius 3 is 2.45 bits per heavy atom. The number of carbonyl (C=O) groups excluding carboxylic acids is 1. The Morgan fingerprint density at radius 2 is 1.95 bits per heavy atom. The first-order valence-electron chi connectivity index (χ1n) is 5.51. The Hall–Kier alpha value is -2.15. The number of benzene rings is 1.